The van der Waals surface area contributed by atoms with Gasteiger partial charge >= 0.3 is 0 Å². The molecule has 2 rings (SSSR count). The zero-order valence-corrected chi connectivity index (χ0v) is 10.7. The average Bonchev–Trinajstić information content (AvgIpc) is 2.38. The average molecular weight is 243 g/mol. The van der Waals surface area contributed by atoms with Gasteiger partial charge in [0.1, 0.15) is 5.76 Å². The lowest BCUT2D eigenvalue weighted by Gasteiger charge is -2.33. The largest absolute Gasteiger partial charge is 0.496 e. The molecule has 4 heteroatoms. The molecule has 0 aliphatic carbocycles. The number of hydrogen-bond acceptors (Lipinski definition) is 4. The molecule has 1 fully saturated rings. The standard InChI is InChI=1S/C12H21NO2S/c1-2-13-12(10-5-3-4-6-14-10)11-9-16-8-7-15-11/h5,11-13H,2-4,6-9H2,1H3. The Labute approximate surface area is 102 Å². The van der Waals surface area contributed by atoms with Gasteiger partial charge in [0, 0.05) is 11.5 Å². The maximum absolute atomic E-state index is 5.84. The normalized spacial score (nSPS) is 28.1. The molecule has 0 radical (unpaired) electrons. The summed E-state index contributed by atoms with van der Waals surface area (Å²) in [6.45, 7) is 4.81. The van der Waals surface area contributed by atoms with Crippen molar-refractivity contribution in [1.82, 2.24) is 5.32 Å². The summed E-state index contributed by atoms with van der Waals surface area (Å²) < 4.78 is 11.6. The number of thioether (sulfide) groups is 1. The van der Waals surface area contributed by atoms with Gasteiger partial charge in [0.15, 0.2) is 0 Å². The lowest BCUT2D eigenvalue weighted by molar-refractivity contribution is 0.0345. The summed E-state index contributed by atoms with van der Waals surface area (Å²) in [4.78, 5) is 0. The van der Waals surface area contributed by atoms with Crippen LogP contribution in [0.2, 0.25) is 0 Å². The number of allylic oxidation sites excluding steroid dienone is 1. The number of hydrogen-bond donors (Lipinski definition) is 1. The van der Waals surface area contributed by atoms with Gasteiger partial charge in [-0.25, -0.2) is 0 Å². The molecular weight excluding hydrogens is 222 g/mol. The zero-order chi connectivity index (χ0) is 11.2. The van der Waals surface area contributed by atoms with Crippen molar-refractivity contribution in [1.29, 1.82) is 0 Å². The molecule has 16 heavy (non-hydrogen) atoms. The van der Waals surface area contributed by atoms with Crippen molar-refractivity contribution < 1.29 is 9.47 Å². The fourth-order valence-electron chi connectivity index (χ4n) is 2.13. The zero-order valence-electron chi connectivity index (χ0n) is 9.91. The lowest BCUT2D eigenvalue weighted by Crippen LogP contribution is -2.46. The Morgan fingerprint density at radius 1 is 1.56 bits per heavy atom. The van der Waals surface area contributed by atoms with Crippen LogP contribution in [0.3, 0.4) is 0 Å². The highest BCUT2D eigenvalue weighted by molar-refractivity contribution is 7.99. The van der Waals surface area contributed by atoms with Gasteiger partial charge in [-0.15, -0.1) is 0 Å². The number of rotatable bonds is 4. The van der Waals surface area contributed by atoms with E-state index in [0.717, 1.165) is 49.9 Å². The molecule has 3 nitrogen and oxygen atoms in total. The van der Waals surface area contributed by atoms with Crippen LogP contribution < -0.4 is 5.32 Å². The fourth-order valence-corrected chi connectivity index (χ4v) is 3.03. The minimum absolute atomic E-state index is 0.248. The second kappa shape index (κ2) is 6.52. The van der Waals surface area contributed by atoms with E-state index >= 15 is 0 Å². The van der Waals surface area contributed by atoms with E-state index in [1.807, 2.05) is 11.8 Å². The van der Waals surface area contributed by atoms with Gasteiger partial charge in [0.2, 0.25) is 0 Å². The van der Waals surface area contributed by atoms with Crippen LogP contribution in [0.4, 0.5) is 0 Å². The molecule has 0 aromatic heterocycles. The first-order valence-electron chi connectivity index (χ1n) is 6.17. The van der Waals surface area contributed by atoms with Gasteiger partial charge in [-0.2, -0.15) is 11.8 Å². The molecule has 2 heterocycles. The lowest BCUT2D eigenvalue weighted by atomic mass is 10.1. The number of likely N-dealkylation sites (N-methyl/N-ethyl adjacent to an activating group) is 1. The minimum Gasteiger partial charge on any atom is -0.496 e. The summed E-state index contributed by atoms with van der Waals surface area (Å²) >= 11 is 1.97. The Bertz CT molecular complexity index is 239. The fraction of sp³-hybridized carbons (Fsp3) is 0.833. The summed E-state index contributed by atoms with van der Waals surface area (Å²) in [5.41, 5.74) is 0. The Kier molecular flexibility index (Phi) is 5.00. The monoisotopic (exact) mass is 243 g/mol. The van der Waals surface area contributed by atoms with Crippen LogP contribution in [0.1, 0.15) is 19.8 Å². The van der Waals surface area contributed by atoms with Crippen LogP contribution in [0.5, 0.6) is 0 Å². The molecule has 0 aromatic carbocycles. The maximum atomic E-state index is 5.84. The molecule has 0 bridgehead atoms. The van der Waals surface area contributed by atoms with Crippen molar-refractivity contribution in [3.63, 3.8) is 0 Å². The second-order valence-corrected chi connectivity index (χ2v) is 5.27. The molecular formula is C12H21NO2S. The Hall–Kier alpha value is -0.190. The molecule has 0 saturated carbocycles. The quantitative estimate of drug-likeness (QED) is 0.815. The highest BCUT2D eigenvalue weighted by Crippen LogP contribution is 2.22. The highest BCUT2D eigenvalue weighted by atomic mass is 32.2. The first kappa shape index (κ1) is 12.3. The van der Waals surface area contributed by atoms with E-state index in [2.05, 4.69) is 18.3 Å². The van der Waals surface area contributed by atoms with Gasteiger partial charge in [-0.05, 0) is 25.5 Å². The summed E-state index contributed by atoms with van der Waals surface area (Å²) in [6, 6.07) is 0.248. The molecule has 1 N–H and O–H groups in total. The molecule has 2 atom stereocenters. The van der Waals surface area contributed by atoms with Crippen molar-refractivity contribution >= 4 is 11.8 Å². The smallest absolute Gasteiger partial charge is 0.112 e. The number of nitrogens with one attached hydrogen (secondary N) is 1. The second-order valence-electron chi connectivity index (χ2n) is 4.12. The first-order valence-corrected chi connectivity index (χ1v) is 7.33. The van der Waals surface area contributed by atoms with Crippen LogP contribution in [0, 0.1) is 0 Å². The van der Waals surface area contributed by atoms with Crippen LogP contribution in [-0.4, -0.2) is 43.4 Å². The third-order valence-electron chi connectivity index (χ3n) is 2.91. The molecule has 0 aromatic rings. The van der Waals surface area contributed by atoms with Gasteiger partial charge in [-0.3, -0.25) is 0 Å². The van der Waals surface area contributed by atoms with Crippen LogP contribution in [-0.2, 0) is 9.47 Å². The summed E-state index contributed by atoms with van der Waals surface area (Å²) in [6.07, 6.45) is 4.77. The predicted molar refractivity (Wildman–Crippen MR) is 67.8 cm³/mol. The van der Waals surface area contributed by atoms with Gasteiger partial charge in [-0.1, -0.05) is 6.92 Å². The third-order valence-corrected chi connectivity index (χ3v) is 3.93. The summed E-state index contributed by atoms with van der Waals surface area (Å²) in [5, 5.41) is 3.49. The van der Waals surface area contributed by atoms with E-state index in [0.29, 0.717) is 0 Å². The topological polar surface area (TPSA) is 30.5 Å². The van der Waals surface area contributed by atoms with E-state index < -0.39 is 0 Å². The van der Waals surface area contributed by atoms with Crippen molar-refractivity contribution in [3.05, 3.63) is 11.8 Å². The van der Waals surface area contributed by atoms with Crippen molar-refractivity contribution in [2.45, 2.75) is 31.9 Å². The SMILES string of the molecule is CCNC(C1=CCCCO1)C1CSCCO1. The number of ether oxygens (including phenoxy) is 2. The Morgan fingerprint density at radius 3 is 3.12 bits per heavy atom. The molecule has 2 aliphatic heterocycles. The molecule has 2 aliphatic rings. The van der Waals surface area contributed by atoms with E-state index in [-0.39, 0.29) is 12.1 Å². The van der Waals surface area contributed by atoms with Crippen LogP contribution in [0.25, 0.3) is 0 Å². The van der Waals surface area contributed by atoms with E-state index in [1.165, 1.54) is 0 Å². The maximum Gasteiger partial charge on any atom is 0.112 e. The van der Waals surface area contributed by atoms with Crippen molar-refractivity contribution in [3.8, 4) is 0 Å². The van der Waals surface area contributed by atoms with E-state index in [1.54, 1.807) is 0 Å². The van der Waals surface area contributed by atoms with Crippen LogP contribution >= 0.6 is 11.8 Å². The first-order chi connectivity index (χ1) is 7.92. The van der Waals surface area contributed by atoms with Crippen LogP contribution in [0.15, 0.2) is 11.8 Å². The molecule has 92 valence electrons. The Balaban J connectivity index is 1.99. The van der Waals surface area contributed by atoms with Crippen molar-refractivity contribution in [2.75, 3.05) is 31.3 Å². The molecule has 0 amide bonds. The van der Waals surface area contributed by atoms with Crippen molar-refractivity contribution in [2.24, 2.45) is 0 Å². The van der Waals surface area contributed by atoms with E-state index in [9.17, 15) is 0 Å². The summed E-state index contributed by atoms with van der Waals surface area (Å²) in [5.74, 6) is 3.29. The Morgan fingerprint density at radius 2 is 2.50 bits per heavy atom. The van der Waals surface area contributed by atoms with Gasteiger partial charge in [0.05, 0.1) is 25.4 Å². The van der Waals surface area contributed by atoms with Gasteiger partial charge in [0.25, 0.3) is 0 Å². The predicted octanol–water partition coefficient (Wildman–Crippen LogP) is 1.79. The third kappa shape index (κ3) is 3.15. The molecule has 2 unspecified atom stereocenters. The minimum atomic E-state index is 0.248. The molecule has 1 saturated heterocycles. The van der Waals surface area contributed by atoms with Gasteiger partial charge < -0.3 is 14.8 Å². The summed E-state index contributed by atoms with van der Waals surface area (Å²) in [7, 11) is 0. The van der Waals surface area contributed by atoms with E-state index in [4.69, 9.17) is 9.47 Å². The molecule has 0 spiro atoms. The highest BCUT2D eigenvalue weighted by Gasteiger charge is 2.29.